The van der Waals surface area contributed by atoms with Gasteiger partial charge in [0.2, 0.25) is 0 Å². The summed E-state index contributed by atoms with van der Waals surface area (Å²) in [7, 11) is 0. The maximum absolute atomic E-state index is 12.0. The first kappa shape index (κ1) is 24.0. The van der Waals surface area contributed by atoms with E-state index in [1.807, 2.05) is 0 Å². The number of halogens is 1. The summed E-state index contributed by atoms with van der Waals surface area (Å²) in [5, 5.41) is 14.8. The molecule has 2 aromatic carbocycles. The van der Waals surface area contributed by atoms with Crippen molar-refractivity contribution in [3.8, 4) is 0 Å². The van der Waals surface area contributed by atoms with Gasteiger partial charge in [-0.25, -0.2) is 14.4 Å². The van der Waals surface area contributed by atoms with Crippen LogP contribution in [-0.4, -0.2) is 34.9 Å². The van der Waals surface area contributed by atoms with Crippen LogP contribution >= 0.6 is 11.6 Å². The molecule has 0 heterocycles. The van der Waals surface area contributed by atoms with Gasteiger partial charge in [-0.2, -0.15) is 0 Å². The molecule has 0 unspecified atom stereocenters. The lowest BCUT2D eigenvalue weighted by Gasteiger charge is -2.22. The SMILES string of the molecule is CC(C)(C)OC(=O)N[C@@H](Cc1ccc(NC(=O)OCc2ccccc2Cl)cc1)C(=O)O. The maximum atomic E-state index is 12.0. The van der Waals surface area contributed by atoms with Crippen LogP contribution in [0.5, 0.6) is 0 Å². The van der Waals surface area contributed by atoms with Crippen molar-refractivity contribution in [2.24, 2.45) is 0 Å². The average Bonchev–Trinajstić information content (AvgIpc) is 2.67. The molecule has 0 saturated carbocycles. The molecule has 9 heteroatoms. The van der Waals surface area contributed by atoms with Gasteiger partial charge in [-0.3, -0.25) is 5.32 Å². The summed E-state index contributed by atoms with van der Waals surface area (Å²) < 4.78 is 10.2. The maximum Gasteiger partial charge on any atom is 0.411 e. The minimum Gasteiger partial charge on any atom is -0.480 e. The Labute approximate surface area is 185 Å². The number of hydrogen-bond donors (Lipinski definition) is 3. The Hall–Kier alpha value is -3.26. The summed E-state index contributed by atoms with van der Waals surface area (Å²) in [5.41, 5.74) is 1.08. The van der Waals surface area contributed by atoms with Gasteiger partial charge in [-0.05, 0) is 44.5 Å². The molecule has 166 valence electrons. The Morgan fingerprint density at radius 3 is 2.26 bits per heavy atom. The fourth-order valence-corrected chi connectivity index (χ4v) is 2.71. The number of carboxylic acid groups (broad SMARTS) is 1. The second-order valence-electron chi connectivity index (χ2n) is 7.73. The van der Waals surface area contributed by atoms with E-state index in [2.05, 4.69) is 10.6 Å². The minimum absolute atomic E-state index is 0.0280. The number of alkyl carbamates (subject to hydrolysis) is 1. The normalized spacial score (nSPS) is 11.9. The molecule has 0 radical (unpaired) electrons. The first-order valence-corrected chi connectivity index (χ1v) is 9.90. The number of anilines is 1. The predicted octanol–water partition coefficient (Wildman–Crippen LogP) is 4.61. The van der Waals surface area contributed by atoms with Gasteiger partial charge >= 0.3 is 18.2 Å². The molecular weight excluding hydrogens is 424 g/mol. The number of aliphatic carboxylic acids is 1. The van der Waals surface area contributed by atoms with Gasteiger partial charge in [-0.1, -0.05) is 41.9 Å². The zero-order valence-electron chi connectivity index (χ0n) is 17.5. The van der Waals surface area contributed by atoms with Gasteiger partial charge in [0, 0.05) is 22.7 Å². The second-order valence-corrected chi connectivity index (χ2v) is 8.14. The monoisotopic (exact) mass is 448 g/mol. The van der Waals surface area contributed by atoms with Crippen LogP contribution in [0.2, 0.25) is 5.02 Å². The van der Waals surface area contributed by atoms with Gasteiger partial charge in [0.05, 0.1) is 0 Å². The molecular formula is C22H25ClN2O6. The summed E-state index contributed by atoms with van der Waals surface area (Å²) in [4.78, 5) is 35.3. The van der Waals surface area contributed by atoms with Crippen molar-refractivity contribution in [3.05, 3.63) is 64.7 Å². The van der Waals surface area contributed by atoms with E-state index in [1.165, 1.54) is 0 Å². The van der Waals surface area contributed by atoms with Crippen LogP contribution in [0.3, 0.4) is 0 Å². The number of benzene rings is 2. The van der Waals surface area contributed by atoms with Gasteiger partial charge in [-0.15, -0.1) is 0 Å². The Morgan fingerprint density at radius 1 is 1.03 bits per heavy atom. The van der Waals surface area contributed by atoms with E-state index >= 15 is 0 Å². The zero-order chi connectivity index (χ0) is 23.0. The number of carboxylic acids is 1. The van der Waals surface area contributed by atoms with Crippen LogP contribution in [0.4, 0.5) is 15.3 Å². The quantitative estimate of drug-likeness (QED) is 0.570. The standard InChI is InChI=1S/C22H25ClN2O6/c1-22(2,3)31-21(29)25-18(19(26)27)12-14-8-10-16(11-9-14)24-20(28)30-13-15-6-4-5-7-17(15)23/h4-11,18H,12-13H2,1-3H3,(H,24,28)(H,25,29)(H,26,27)/t18-/m0/s1. The number of amides is 2. The van der Waals surface area contributed by atoms with Gasteiger partial charge in [0.25, 0.3) is 0 Å². The highest BCUT2D eigenvalue weighted by Gasteiger charge is 2.24. The highest BCUT2D eigenvalue weighted by molar-refractivity contribution is 6.31. The molecule has 1 atom stereocenters. The molecule has 0 aliphatic rings. The number of hydrogen-bond acceptors (Lipinski definition) is 5. The molecule has 0 aromatic heterocycles. The third-order valence-electron chi connectivity index (χ3n) is 3.95. The summed E-state index contributed by atoms with van der Waals surface area (Å²) >= 11 is 6.02. The van der Waals surface area contributed by atoms with E-state index in [4.69, 9.17) is 21.1 Å². The first-order valence-electron chi connectivity index (χ1n) is 9.52. The van der Waals surface area contributed by atoms with Crippen molar-refractivity contribution < 1.29 is 29.0 Å². The lowest BCUT2D eigenvalue weighted by atomic mass is 10.1. The molecule has 2 amide bonds. The van der Waals surface area contributed by atoms with Crippen molar-refractivity contribution in [3.63, 3.8) is 0 Å². The predicted molar refractivity (Wildman–Crippen MR) is 116 cm³/mol. The summed E-state index contributed by atoms with van der Waals surface area (Å²) in [5.74, 6) is -1.18. The third-order valence-corrected chi connectivity index (χ3v) is 4.31. The highest BCUT2D eigenvalue weighted by atomic mass is 35.5. The lowest BCUT2D eigenvalue weighted by Crippen LogP contribution is -2.44. The van der Waals surface area contributed by atoms with E-state index < -0.39 is 29.8 Å². The van der Waals surface area contributed by atoms with E-state index in [1.54, 1.807) is 69.3 Å². The molecule has 2 rings (SSSR count). The number of carbonyl (C=O) groups excluding carboxylic acids is 2. The van der Waals surface area contributed by atoms with E-state index in [0.717, 1.165) is 0 Å². The molecule has 8 nitrogen and oxygen atoms in total. The number of nitrogens with one attached hydrogen (secondary N) is 2. The van der Waals surface area contributed by atoms with Crippen LogP contribution in [0.25, 0.3) is 0 Å². The van der Waals surface area contributed by atoms with Crippen molar-refractivity contribution in [1.29, 1.82) is 0 Å². The Bertz CT molecular complexity index is 924. The van der Waals surface area contributed by atoms with Crippen molar-refractivity contribution in [2.75, 3.05) is 5.32 Å². The second kappa shape index (κ2) is 10.7. The van der Waals surface area contributed by atoms with Crippen LogP contribution < -0.4 is 10.6 Å². The summed E-state index contributed by atoms with van der Waals surface area (Å²) in [6.07, 6.45) is -1.41. The Balaban J connectivity index is 1.89. The first-order chi connectivity index (χ1) is 14.5. The third kappa shape index (κ3) is 8.55. The molecule has 0 saturated heterocycles. The van der Waals surface area contributed by atoms with Crippen LogP contribution in [-0.2, 0) is 27.3 Å². The number of rotatable bonds is 7. The molecule has 31 heavy (non-hydrogen) atoms. The minimum atomic E-state index is -1.18. The smallest absolute Gasteiger partial charge is 0.411 e. The van der Waals surface area contributed by atoms with E-state index in [-0.39, 0.29) is 13.0 Å². The van der Waals surface area contributed by atoms with E-state index in [0.29, 0.717) is 21.8 Å². The van der Waals surface area contributed by atoms with Crippen LogP contribution in [0.15, 0.2) is 48.5 Å². The fraction of sp³-hybridized carbons (Fsp3) is 0.318. The number of ether oxygens (including phenoxy) is 2. The van der Waals surface area contributed by atoms with Crippen LogP contribution in [0, 0.1) is 0 Å². The lowest BCUT2D eigenvalue weighted by molar-refractivity contribution is -0.139. The van der Waals surface area contributed by atoms with Crippen molar-refractivity contribution >= 4 is 35.4 Å². The fourth-order valence-electron chi connectivity index (χ4n) is 2.52. The molecule has 0 aliphatic carbocycles. The van der Waals surface area contributed by atoms with E-state index in [9.17, 15) is 19.5 Å². The summed E-state index contributed by atoms with van der Waals surface area (Å²) in [6, 6.07) is 12.4. The van der Waals surface area contributed by atoms with Gasteiger partial charge in [0.1, 0.15) is 18.2 Å². The molecule has 0 aliphatic heterocycles. The molecule has 3 N–H and O–H groups in total. The zero-order valence-corrected chi connectivity index (χ0v) is 18.2. The Kier molecular flexibility index (Phi) is 8.27. The molecule has 2 aromatic rings. The van der Waals surface area contributed by atoms with Crippen molar-refractivity contribution in [2.45, 2.75) is 45.4 Å². The largest absolute Gasteiger partial charge is 0.480 e. The topological polar surface area (TPSA) is 114 Å². The molecule has 0 fully saturated rings. The van der Waals surface area contributed by atoms with Gasteiger partial charge in [0.15, 0.2) is 0 Å². The molecule has 0 spiro atoms. The summed E-state index contributed by atoms with van der Waals surface area (Å²) in [6.45, 7) is 5.09. The van der Waals surface area contributed by atoms with Crippen LogP contribution in [0.1, 0.15) is 31.9 Å². The highest BCUT2D eigenvalue weighted by Crippen LogP contribution is 2.17. The Morgan fingerprint density at radius 2 is 1.68 bits per heavy atom. The number of carbonyl (C=O) groups is 3. The van der Waals surface area contributed by atoms with Crippen molar-refractivity contribution in [1.82, 2.24) is 5.32 Å². The van der Waals surface area contributed by atoms with Gasteiger partial charge < -0.3 is 19.9 Å². The molecule has 0 bridgehead atoms. The average molecular weight is 449 g/mol.